The molecule has 132 valence electrons. The zero-order chi connectivity index (χ0) is 17.4. The van der Waals surface area contributed by atoms with Gasteiger partial charge in [0.05, 0.1) is 13.0 Å². The molecule has 1 aromatic heterocycles. The highest BCUT2D eigenvalue weighted by atomic mass is 35.5. The average Bonchev–Trinajstić information content (AvgIpc) is 3.05. The maximum atomic E-state index is 13.4. The van der Waals surface area contributed by atoms with Gasteiger partial charge in [0.25, 0.3) is 0 Å². The van der Waals surface area contributed by atoms with E-state index in [2.05, 4.69) is 11.4 Å². The summed E-state index contributed by atoms with van der Waals surface area (Å²) in [4.78, 5) is 15.8. The van der Waals surface area contributed by atoms with Gasteiger partial charge in [0.2, 0.25) is 5.91 Å². The minimum atomic E-state index is -0.409. The number of hydrogen-bond acceptors (Lipinski definition) is 3. The number of amides is 1. The number of carbonyl (C=O) groups is 1. The molecule has 0 aliphatic carbocycles. The lowest BCUT2D eigenvalue weighted by molar-refractivity contribution is -0.139. The van der Waals surface area contributed by atoms with Crippen molar-refractivity contribution in [1.29, 1.82) is 0 Å². The van der Waals surface area contributed by atoms with Crippen LogP contribution in [-0.4, -0.2) is 30.5 Å². The van der Waals surface area contributed by atoms with Crippen LogP contribution >= 0.6 is 22.9 Å². The molecule has 3 nitrogen and oxygen atoms in total. The first-order valence-electron chi connectivity index (χ1n) is 8.49. The summed E-state index contributed by atoms with van der Waals surface area (Å²) < 4.78 is 19.6. The molecule has 0 atom stereocenters. The smallest absolute Gasteiger partial charge is 0.226 e. The molecule has 0 N–H and O–H groups in total. The molecule has 0 bridgehead atoms. The number of hydrogen-bond donors (Lipinski definition) is 0. The van der Waals surface area contributed by atoms with Crippen molar-refractivity contribution in [3.8, 4) is 0 Å². The summed E-state index contributed by atoms with van der Waals surface area (Å²) in [5.41, 5.74) is 1.79. The minimum absolute atomic E-state index is 0.0127. The van der Waals surface area contributed by atoms with Crippen LogP contribution in [0.25, 0.3) is 0 Å². The third kappa shape index (κ3) is 3.33. The fourth-order valence-electron chi connectivity index (χ4n) is 3.84. The first-order valence-corrected chi connectivity index (χ1v) is 9.75. The number of benzene rings is 1. The number of carbonyl (C=O) groups excluding carboxylic acids is 1. The summed E-state index contributed by atoms with van der Waals surface area (Å²) in [6, 6.07) is 6.46. The number of thiophene rings is 1. The molecule has 0 unspecified atom stereocenters. The highest BCUT2D eigenvalue weighted by Crippen LogP contribution is 2.44. The largest absolute Gasteiger partial charge is 0.369 e. The summed E-state index contributed by atoms with van der Waals surface area (Å²) in [6.07, 6.45) is 2.78. The maximum Gasteiger partial charge on any atom is 0.226 e. The Morgan fingerprint density at radius 3 is 2.88 bits per heavy atom. The Bertz CT molecular complexity index is 778. The second kappa shape index (κ2) is 6.71. The van der Waals surface area contributed by atoms with E-state index >= 15 is 0 Å². The molecule has 1 aromatic carbocycles. The van der Waals surface area contributed by atoms with Crippen LogP contribution in [0.2, 0.25) is 5.02 Å². The molecule has 2 aliphatic heterocycles. The Labute approximate surface area is 155 Å². The van der Waals surface area contributed by atoms with E-state index in [1.807, 2.05) is 4.90 Å². The third-order valence-corrected chi connectivity index (χ3v) is 6.47. The summed E-state index contributed by atoms with van der Waals surface area (Å²) in [5.74, 6) is -0.396. The van der Waals surface area contributed by atoms with Gasteiger partial charge >= 0.3 is 0 Å². The SMILES string of the molecule is O=C(Cc1cc(F)cc(Cl)c1)N1CCC2(CC1)OCCc1ccsc12. The molecule has 25 heavy (non-hydrogen) atoms. The van der Waals surface area contributed by atoms with E-state index in [0.29, 0.717) is 23.7 Å². The molecule has 0 radical (unpaired) electrons. The van der Waals surface area contributed by atoms with E-state index in [1.54, 1.807) is 17.4 Å². The topological polar surface area (TPSA) is 29.5 Å². The number of ether oxygens (including phenoxy) is 1. The normalized spacial score (nSPS) is 19.0. The van der Waals surface area contributed by atoms with Gasteiger partial charge in [0.1, 0.15) is 11.4 Å². The molecular weight excluding hydrogens is 361 g/mol. The number of fused-ring (bicyclic) bond motifs is 2. The second-order valence-corrected chi connectivity index (χ2v) is 8.06. The van der Waals surface area contributed by atoms with Gasteiger partial charge < -0.3 is 9.64 Å². The third-order valence-electron chi connectivity index (χ3n) is 5.11. The lowest BCUT2D eigenvalue weighted by atomic mass is 9.85. The van der Waals surface area contributed by atoms with Crippen LogP contribution in [-0.2, 0) is 28.0 Å². The molecular formula is C19H19ClFNO2S. The fraction of sp³-hybridized carbons (Fsp3) is 0.421. The highest BCUT2D eigenvalue weighted by Gasteiger charge is 2.42. The van der Waals surface area contributed by atoms with Gasteiger partial charge in [-0.3, -0.25) is 4.79 Å². The average molecular weight is 380 g/mol. The molecule has 4 rings (SSSR count). The van der Waals surface area contributed by atoms with E-state index in [-0.39, 0.29) is 17.9 Å². The lowest BCUT2D eigenvalue weighted by Gasteiger charge is -2.43. The minimum Gasteiger partial charge on any atom is -0.369 e. The van der Waals surface area contributed by atoms with E-state index < -0.39 is 5.82 Å². The highest BCUT2D eigenvalue weighted by molar-refractivity contribution is 7.10. The molecule has 1 spiro atoms. The van der Waals surface area contributed by atoms with Crippen LogP contribution in [0.15, 0.2) is 29.6 Å². The fourth-order valence-corrected chi connectivity index (χ4v) is 5.25. The molecule has 1 fully saturated rings. The van der Waals surface area contributed by atoms with Crippen molar-refractivity contribution in [3.05, 3.63) is 56.5 Å². The van der Waals surface area contributed by atoms with Crippen LogP contribution in [0.1, 0.15) is 28.8 Å². The number of piperidine rings is 1. The Hall–Kier alpha value is -1.43. The van der Waals surface area contributed by atoms with Gasteiger partial charge in [-0.25, -0.2) is 4.39 Å². The molecule has 2 aromatic rings. The monoisotopic (exact) mass is 379 g/mol. The quantitative estimate of drug-likeness (QED) is 0.783. The standard InChI is InChI=1S/C19H19ClFNO2S/c20-15-9-13(10-16(21)12-15)11-17(23)22-5-3-19(4-6-22)18-14(1-7-24-19)2-8-25-18/h2,8-10,12H,1,3-7,11H2. The summed E-state index contributed by atoms with van der Waals surface area (Å²) in [5, 5.41) is 2.45. The predicted octanol–water partition coefficient (Wildman–Crippen LogP) is 4.17. The number of nitrogens with zero attached hydrogens (tertiary/aromatic N) is 1. The van der Waals surface area contributed by atoms with Gasteiger partial charge in [0.15, 0.2) is 0 Å². The first kappa shape index (κ1) is 17.0. The van der Waals surface area contributed by atoms with E-state index in [4.69, 9.17) is 16.3 Å². The molecule has 3 heterocycles. The zero-order valence-electron chi connectivity index (χ0n) is 13.8. The van der Waals surface area contributed by atoms with Crippen molar-refractivity contribution in [3.63, 3.8) is 0 Å². The van der Waals surface area contributed by atoms with Crippen LogP contribution in [0.5, 0.6) is 0 Å². The summed E-state index contributed by atoms with van der Waals surface area (Å²) in [6.45, 7) is 2.08. The van der Waals surface area contributed by atoms with E-state index in [9.17, 15) is 9.18 Å². The molecule has 1 saturated heterocycles. The van der Waals surface area contributed by atoms with E-state index in [0.717, 1.165) is 25.9 Å². The predicted molar refractivity (Wildman–Crippen MR) is 96.6 cm³/mol. The Morgan fingerprint density at radius 2 is 2.12 bits per heavy atom. The van der Waals surface area contributed by atoms with Crippen molar-refractivity contribution in [1.82, 2.24) is 4.90 Å². The molecule has 6 heteroatoms. The Balaban J connectivity index is 1.43. The number of halogens is 2. The van der Waals surface area contributed by atoms with Gasteiger partial charge in [-0.15, -0.1) is 11.3 Å². The van der Waals surface area contributed by atoms with E-state index in [1.165, 1.54) is 22.6 Å². The Kier molecular flexibility index (Phi) is 4.56. The van der Waals surface area contributed by atoms with Crippen molar-refractivity contribution < 1.29 is 13.9 Å². The van der Waals surface area contributed by atoms with Crippen molar-refractivity contribution in [2.75, 3.05) is 19.7 Å². The van der Waals surface area contributed by atoms with Gasteiger partial charge in [0, 0.05) is 23.0 Å². The lowest BCUT2D eigenvalue weighted by Crippen LogP contribution is -2.48. The summed E-state index contributed by atoms with van der Waals surface area (Å²) in [7, 11) is 0. The first-order chi connectivity index (χ1) is 12.1. The van der Waals surface area contributed by atoms with Crippen molar-refractivity contribution in [2.24, 2.45) is 0 Å². The van der Waals surface area contributed by atoms with Crippen molar-refractivity contribution >= 4 is 28.8 Å². The van der Waals surface area contributed by atoms with Crippen LogP contribution in [0, 0.1) is 5.82 Å². The van der Waals surface area contributed by atoms with Crippen LogP contribution in [0.4, 0.5) is 4.39 Å². The Morgan fingerprint density at radius 1 is 1.32 bits per heavy atom. The summed E-state index contributed by atoms with van der Waals surface area (Å²) >= 11 is 7.63. The van der Waals surface area contributed by atoms with Gasteiger partial charge in [-0.1, -0.05) is 11.6 Å². The maximum absolute atomic E-state index is 13.4. The molecule has 2 aliphatic rings. The second-order valence-electron chi connectivity index (χ2n) is 6.70. The van der Waals surface area contributed by atoms with Crippen LogP contribution in [0.3, 0.4) is 0 Å². The molecule has 0 saturated carbocycles. The number of rotatable bonds is 2. The van der Waals surface area contributed by atoms with Crippen molar-refractivity contribution in [2.45, 2.75) is 31.3 Å². The van der Waals surface area contributed by atoms with Crippen LogP contribution < -0.4 is 0 Å². The number of likely N-dealkylation sites (tertiary alicyclic amines) is 1. The zero-order valence-corrected chi connectivity index (χ0v) is 15.3. The van der Waals surface area contributed by atoms with Gasteiger partial charge in [-0.2, -0.15) is 0 Å². The molecule has 1 amide bonds. The van der Waals surface area contributed by atoms with Gasteiger partial charge in [-0.05, 0) is 60.0 Å².